The smallest absolute Gasteiger partial charge is 0.123 e. The molecule has 0 spiro atoms. The van der Waals surface area contributed by atoms with Crippen LogP contribution in [0, 0.1) is 5.82 Å². The second-order valence-corrected chi connectivity index (χ2v) is 5.22. The predicted molar refractivity (Wildman–Crippen MR) is 82.5 cm³/mol. The first-order valence-corrected chi connectivity index (χ1v) is 7.14. The van der Waals surface area contributed by atoms with Gasteiger partial charge in [-0.05, 0) is 30.2 Å². The Morgan fingerprint density at radius 2 is 2.00 bits per heavy atom. The minimum absolute atomic E-state index is 0.130. The van der Waals surface area contributed by atoms with Crippen LogP contribution in [0.1, 0.15) is 24.9 Å². The summed E-state index contributed by atoms with van der Waals surface area (Å²) in [6, 6.07) is 14.3. The van der Waals surface area contributed by atoms with Gasteiger partial charge in [0.1, 0.15) is 5.82 Å². The lowest BCUT2D eigenvalue weighted by Gasteiger charge is -2.24. The van der Waals surface area contributed by atoms with Crippen molar-refractivity contribution >= 4 is 10.9 Å². The SMILES string of the molecule is CCC(N)C(c1cccc(F)c1)n1ncc2ccccc21. The van der Waals surface area contributed by atoms with Gasteiger partial charge in [-0.15, -0.1) is 0 Å². The van der Waals surface area contributed by atoms with Crippen molar-refractivity contribution in [3.63, 3.8) is 0 Å². The molecular weight excluding hydrogens is 265 g/mol. The third-order valence-corrected chi connectivity index (χ3v) is 3.84. The molecule has 21 heavy (non-hydrogen) atoms. The van der Waals surface area contributed by atoms with E-state index in [4.69, 9.17) is 5.73 Å². The van der Waals surface area contributed by atoms with Gasteiger partial charge in [-0.3, -0.25) is 4.68 Å². The topological polar surface area (TPSA) is 43.8 Å². The van der Waals surface area contributed by atoms with Crippen LogP contribution < -0.4 is 5.73 Å². The lowest BCUT2D eigenvalue weighted by atomic mass is 9.98. The van der Waals surface area contributed by atoms with Gasteiger partial charge in [0.15, 0.2) is 0 Å². The zero-order valence-electron chi connectivity index (χ0n) is 11.9. The van der Waals surface area contributed by atoms with Crippen molar-refractivity contribution in [2.45, 2.75) is 25.4 Å². The Bertz CT molecular complexity index is 750. The first-order chi connectivity index (χ1) is 10.2. The molecule has 0 radical (unpaired) electrons. The van der Waals surface area contributed by atoms with Crippen LogP contribution in [-0.2, 0) is 0 Å². The van der Waals surface area contributed by atoms with Gasteiger partial charge in [-0.25, -0.2) is 4.39 Å². The molecule has 3 aromatic rings. The van der Waals surface area contributed by atoms with Crippen molar-refractivity contribution in [3.8, 4) is 0 Å². The standard InChI is InChI=1S/C17H18FN3/c1-2-15(19)17(12-7-5-8-14(18)10-12)21-16-9-4-3-6-13(16)11-20-21/h3-11,15,17H,2,19H2,1H3. The van der Waals surface area contributed by atoms with Crippen LogP contribution in [-0.4, -0.2) is 15.8 Å². The molecule has 0 saturated carbocycles. The van der Waals surface area contributed by atoms with Crippen LogP contribution in [0.5, 0.6) is 0 Å². The van der Waals surface area contributed by atoms with E-state index >= 15 is 0 Å². The molecule has 0 saturated heterocycles. The van der Waals surface area contributed by atoms with Gasteiger partial charge in [-0.2, -0.15) is 5.10 Å². The number of nitrogens with two attached hydrogens (primary N) is 1. The molecule has 0 aliphatic carbocycles. The minimum atomic E-state index is -0.253. The summed E-state index contributed by atoms with van der Waals surface area (Å²) >= 11 is 0. The zero-order chi connectivity index (χ0) is 14.8. The number of hydrogen-bond acceptors (Lipinski definition) is 2. The number of fused-ring (bicyclic) bond motifs is 1. The fourth-order valence-electron chi connectivity index (χ4n) is 2.70. The Kier molecular flexibility index (Phi) is 3.71. The highest BCUT2D eigenvalue weighted by molar-refractivity contribution is 5.78. The maximum absolute atomic E-state index is 13.6. The second-order valence-electron chi connectivity index (χ2n) is 5.22. The molecule has 0 amide bonds. The molecule has 2 unspecified atom stereocenters. The zero-order valence-corrected chi connectivity index (χ0v) is 11.9. The van der Waals surface area contributed by atoms with Crippen molar-refractivity contribution < 1.29 is 4.39 Å². The summed E-state index contributed by atoms with van der Waals surface area (Å²) in [5.41, 5.74) is 8.15. The van der Waals surface area contributed by atoms with E-state index in [2.05, 4.69) is 5.10 Å². The number of aromatic nitrogens is 2. The highest BCUT2D eigenvalue weighted by Gasteiger charge is 2.23. The molecule has 108 valence electrons. The maximum Gasteiger partial charge on any atom is 0.123 e. The summed E-state index contributed by atoms with van der Waals surface area (Å²) in [7, 11) is 0. The number of nitrogens with zero attached hydrogens (tertiary/aromatic N) is 2. The summed E-state index contributed by atoms with van der Waals surface area (Å²) < 4.78 is 15.5. The predicted octanol–water partition coefficient (Wildman–Crippen LogP) is 3.50. The second kappa shape index (κ2) is 5.66. The Morgan fingerprint density at radius 1 is 1.19 bits per heavy atom. The molecule has 0 fully saturated rings. The average molecular weight is 283 g/mol. The van der Waals surface area contributed by atoms with Crippen molar-refractivity contribution in [2.24, 2.45) is 5.73 Å². The summed E-state index contributed by atoms with van der Waals surface area (Å²) in [4.78, 5) is 0. The lowest BCUT2D eigenvalue weighted by Crippen LogP contribution is -2.33. The molecule has 0 aliphatic rings. The van der Waals surface area contributed by atoms with Gasteiger partial charge >= 0.3 is 0 Å². The Balaban J connectivity index is 2.16. The summed E-state index contributed by atoms with van der Waals surface area (Å²) in [5, 5.41) is 5.54. The normalized spacial score (nSPS) is 14.2. The number of hydrogen-bond donors (Lipinski definition) is 1. The average Bonchev–Trinajstić information content (AvgIpc) is 2.91. The number of rotatable bonds is 4. The summed E-state index contributed by atoms with van der Waals surface area (Å²) in [6.07, 6.45) is 2.61. The van der Waals surface area contributed by atoms with E-state index in [1.807, 2.05) is 48.1 Å². The molecule has 3 nitrogen and oxygen atoms in total. The summed E-state index contributed by atoms with van der Waals surface area (Å²) in [6.45, 7) is 2.03. The molecule has 1 heterocycles. The van der Waals surface area contributed by atoms with E-state index in [9.17, 15) is 4.39 Å². The van der Waals surface area contributed by atoms with Gasteiger partial charge in [-0.1, -0.05) is 37.3 Å². The van der Waals surface area contributed by atoms with E-state index < -0.39 is 0 Å². The summed E-state index contributed by atoms with van der Waals surface area (Å²) in [5.74, 6) is -0.253. The fourth-order valence-corrected chi connectivity index (χ4v) is 2.70. The van der Waals surface area contributed by atoms with E-state index in [0.29, 0.717) is 0 Å². The van der Waals surface area contributed by atoms with Crippen LogP contribution in [0.25, 0.3) is 10.9 Å². The number of halogens is 1. The minimum Gasteiger partial charge on any atom is -0.326 e. The third kappa shape index (κ3) is 2.54. The largest absolute Gasteiger partial charge is 0.326 e. The van der Waals surface area contributed by atoms with E-state index in [0.717, 1.165) is 22.9 Å². The van der Waals surface area contributed by atoms with Gasteiger partial charge in [0.2, 0.25) is 0 Å². The van der Waals surface area contributed by atoms with Gasteiger partial charge < -0.3 is 5.73 Å². The third-order valence-electron chi connectivity index (χ3n) is 3.84. The number of benzene rings is 2. The Labute approximate surface area is 123 Å². The molecule has 1 aromatic heterocycles. The molecule has 3 rings (SSSR count). The van der Waals surface area contributed by atoms with Crippen LogP contribution >= 0.6 is 0 Å². The van der Waals surface area contributed by atoms with E-state index in [1.54, 1.807) is 6.07 Å². The van der Waals surface area contributed by atoms with Crippen LogP contribution in [0.4, 0.5) is 4.39 Å². The van der Waals surface area contributed by atoms with Gasteiger partial charge in [0.25, 0.3) is 0 Å². The Morgan fingerprint density at radius 3 is 2.76 bits per heavy atom. The molecule has 4 heteroatoms. The maximum atomic E-state index is 13.6. The molecule has 0 bridgehead atoms. The number of para-hydroxylation sites is 1. The van der Waals surface area contributed by atoms with E-state index in [-0.39, 0.29) is 17.9 Å². The van der Waals surface area contributed by atoms with Gasteiger partial charge in [0, 0.05) is 11.4 Å². The van der Waals surface area contributed by atoms with Gasteiger partial charge in [0.05, 0.1) is 17.8 Å². The molecule has 0 aliphatic heterocycles. The quantitative estimate of drug-likeness (QED) is 0.796. The van der Waals surface area contributed by atoms with E-state index in [1.165, 1.54) is 12.1 Å². The molecular formula is C17H18FN3. The molecule has 2 atom stereocenters. The first kappa shape index (κ1) is 13.8. The van der Waals surface area contributed by atoms with Crippen molar-refractivity contribution in [1.82, 2.24) is 9.78 Å². The van der Waals surface area contributed by atoms with Crippen molar-refractivity contribution in [2.75, 3.05) is 0 Å². The molecule has 2 aromatic carbocycles. The highest BCUT2D eigenvalue weighted by atomic mass is 19.1. The Hall–Kier alpha value is -2.20. The van der Waals surface area contributed by atoms with Crippen molar-refractivity contribution in [3.05, 3.63) is 66.1 Å². The molecule has 2 N–H and O–H groups in total. The van der Waals surface area contributed by atoms with Crippen LogP contribution in [0.3, 0.4) is 0 Å². The van der Waals surface area contributed by atoms with Crippen molar-refractivity contribution in [1.29, 1.82) is 0 Å². The van der Waals surface area contributed by atoms with Crippen LogP contribution in [0.2, 0.25) is 0 Å². The first-order valence-electron chi connectivity index (χ1n) is 7.14. The lowest BCUT2D eigenvalue weighted by molar-refractivity contribution is 0.433. The monoisotopic (exact) mass is 283 g/mol. The fraction of sp³-hybridized carbons (Fsp3) is 0.235. The highest BCUT2D eigenvalue weighted by Crippen LogP contribution is 2.27. The van der Waals surface area contributed by atoms with Crippen LogP contribution in [0.15, 0.2) is 54.7 Å².